The Morgan fingerprint density at radius 2 is 0.972 bits per heavy atom. The maximum Gasteiger partial charge on any atom is 0.349 e. The number of alkyl halides is 2. The first-order chi connectivity index (χ1) is 34.3. The van der Waals surface area contributed by atoms with Gasteiger partial charge in [-0.05, 0) is 40.5 Å². The summed E-state index contributed by atoms with van der Waals surface area (Å²) >= 11 is 13.0. The number of rotatable bonds is 16. The SMILES string of the molecule is O=C(O)C(Oc1cc2c(c3ccccc13)[C@H](CCl)CN2C(=O)CCCC(=O)N1C[C@@H](CCl)c2c1cc(OC(C(=O)O)c1cc3c(cc1[N+](=O)[O-])OCO3)c1ccccc21)c1cc2c(cc1[N+](=O)[O-])OCO2. The topological polar surface area (TPSA) is 257 Å². The Morgan fingerprint density at radius 3 is 1.32 bits per heavy atom. The van der Waals surface area contributed by atoms with Crippen LogP contribution in [-0.4, -0.2) is 82.2 Å². The smallest absolute Gasteiger partial charge is 0.349 e. The molecule has 0 spiro atoms. The molecule has 4 aliphatic rings. The molecule has 0 aliphatic carbocycles. The highest BCUT2D eigenvalue weighted by Gasteiger charge is 2.40. The first-order valence-electron chi connectivity index (χ1n) is 22.0. The molecule has 20 nitrogen and oxygen atoms in total. The number of fused-ring (bicyclic) bond motifs is 8. The largest absolute Gasteiger partial charge is 0.478 e. The minimum atomic E-state index is -1.89. The van der Waals surface area contributed by atoms with Crippen molar-refractivity contribution in [2.75, 3.05) is 48.2 Å². The molecule has 0 saturated carbocycles. The Kier molecular flexibility index (Phi) is 12.3. The van der Waals surface area contributed by atoms with Crippen molar-refractivity contribution in [2.24, 2.45) is 0 Å². The zero-order valence-electron chi connectivity index (χ0n) is 36.9. The van der Waals surface area contributed by atoms with Crippen molar-refractivity contribution in [2.45, 2.75) is 43.3 Å². The van der Waals surface area contributed by atoms with Gasteiger partial charge < -0.3 is 48.4 Å². The molecule has 10 rings (SSSR count). The Bertz CT molecular complexity index is 3050. The van der Waals surface area contributed by atoms with Crippen LogP contribution in [0.2, 0.25) is 0 Å². The molecule has 4 aliphatic heterocycles. The van der Waals surface area contributed by atoms with E-state index >= 15 is 0 Å². The van der Waals surface area contributed by atoms with Crippen LogP contribution in [0.3, 0.4) is 0 Å². The number of amides is 2. The monoisotopic (exact) mass is 1010 g/mol. The first kappa shape index (κ1) is 46.6. The summed E-state index contributed by atoms with van der Waals surface area (Å²) in [7, 11) is 0. The first-order valence-corrected chi connectivity index (χ1v) is 23.1. The third-order valence-corrected chi connectivity index (χ3v) is 13.7. The molecule has 71 heavy (non-hydrogen) atoms. The van der Waals surface area contributed by atoms with Gasteiger partial charge in [-0.15, -0.1) is 23.2 Å². The number of carboxylic acid groups (broad SMARTS) is 2. The highest BCUT2D eigenvalue weighted by molar-refractivity contribution is 6.19. The number of benzene rings is 6. The number of hydrogen-bond acceptors (Lipinski definition) is 14. The molecule has 2 N–H and O–H groups in total. The van der Waals surface area contributed by atoms with Crippen LogP contribution in [0.25, 0.3) is 21.5 Å². The van der Waals surface area contributed by atoms with Crippen molar-refractivity contribution in [3.63, 3.8) is 0 Å². The van der Waals surface area contributed by atoms with E-state index in [2.05, 4.69) is 0 Å². The molecule has 4 heterocycles. The molecule has 2 amide bonds. The summed E-state index contributed by atoms with van der Waals surface area (Å²) in [4.78, 5) is 80.2. The second-order valence-electron chi connectivity index (χ2n) is 17.0. The lowest BCUT2D eigenvalue weighted by Gasteiger charge is -2.22. The van der Waals surface area contributed by atoms with Crippen LogP contribution in [-0.2, 0) is 19.2 Å². The van der Waals surface area contributed by atoms with Gasteiger partial charge in [0, 0.05) is 72.4 Å². The van der Waals surface area contributed by atoms with Crippen LogP contribution in [0.15, 0.2) is 84.9 Å². The van der Waals surface area contributed by atoms with E-state index in [9.17, 15) is 49.6 Å². The standard InChI is InChI=1S/C49H38Cl2N4O16/c50-18-24-20-52(34-16-36(26-6-1-3-8-28(26)44(24)34)70-46(48(58)59)30-12-38-40(68-22-66-38)14-32(30)54(62)63)42(56)10-5-11-43(57)53-21-25(19-51)45-29-9-4-2-7-27(29)37(17-35(45)53)71-47(49(60)61)31-13-39-41(69-23-67-39)15-33(31)55(64)65/h1-4,6-9,12-17,24-25,46-47H,5,10-11,18-23H2,(H,58,59)(H,60,61)/t24-,25-,46?,47?/m1/s1. The third-order valence-electron chi connectivity index (χ3n) is 13.0. The lowest BCUT2D eigenvalue weighted by Crippen LogP contribution is -2.32. The number of carboxylic acids is 2. The summed E-state index contributed by atoms with van der Waals surface area (Å²) in [6.45, 7) is -0.100. The van der Waals surface area contributed by atoms with Crippen molar-refractivity contribution in [1.29, 1.82) is 0 Å². The van der Waals surface area contributed by atoms with E-state index in [4.69, 9.17) is 51.6 Å². The van der Waals surface area contributed by atoms with Crippen LogP contribution in [0, 0.1) is 20.2 Å². The molecule has 22 heteroatoms. The van der Waals surface area contributed by atoms with Gasteiger partial charge in [0.2, 0.25) is 37.6 Å². The van der Waals surface area contributed by atoms with Crippen molar-refractivity contribution in [1.82, 2.24) is 0 Å². The van der Waals surface area contributed by atoms with Crippen molar-refractivity contribution >= 4 is 91.2 Å². The van der Waals surface area contributed by atoms with Gasteiger partial charge in [0.05, 0.1) is 44.5 Å². The van der Waals surface area contributed by atoms with Gasteiger partial charge in [-0.25, -0.2) is 9.59 Å². The van der Waals surface area contributed by atoms with E-state index in [0.29, 0.717) is 32.9 Å². The summed E-state index contributed by atoms with van der Waals surface area (Å²) in [6.07, 6.45) is -3.91. The molecular weight excluding hydrogens is 971 g/mol. The number of hydrogen-bond donors (Lipinski definition) is 2. The second-order valence-corrected chi connectivity index (χ2v) is 17.6. The zero-order valence-corrected chi connectivity index (χ0v) is 38.4. The molecule has 0 radical (unpaired) electrons. The predicted molar refractivity (Wildman–Crippen MR) is 254 cm³/mol. The number of carbonyl (C=O) groups is 4. The van der Waals surface area contributed by atoms with Gasteiger partial charge in [0.15, 0.2) is 23.0 Å². The maximum atomic E-state index is 14.3. The molecule has 0 fully saturated rings. The average Bonchev–Trinajstić information content (AvgIpc) is 4.18. The number of ether oxygens (including phenoxy) is 6. The minimum Gasteiger partial charge on any atom is -0.478 e. The summed E-state index contributed by atoms with van der Waals surface area (Å²) in [6, 6.07) is 21.6. The fourth-order valence-corrected chi connectivity index (χ4v) is 10.3. The molecule has 6 aromatic rings. The number of nitro groups is 2. The number of carbonyl (C=O) groups excluding carboxylic acids is 2. The molecule has 0 bridgehead atoms. The molecule has 2 unspecified atom stereocenters. The molecule has 6 aromatic carbocycles. The fraction of sp³-hybridized carbons (Fsp3) is 0.265. The highest BCUT2D eigenvalue weighted by atomic mass is 35.5. The van der Waals surface area contributed by atoms with Crippen LogP contribution >= 0.6 is 23.2 Å². The van der Waals surface area contributed by atoms with E-state index in [1.807, 2.05) is 0 Å². The van der Waals surface area contributed by atoms with E-state index in [0.717, 1.165) is 23.3 Å². The summed E-state index contributed by atoms with van der Waals surface area (Å²) in [5.41, 5.74) is 0.531. The number of anilines is 2. The Morgan fingerprint density at radius 1 is 0.606 bits per heavy atom. The summed E-state index contributed by atoms with van der Waals surface area (Å²) < 4.78 is 33.7. The maximum absolute atomic E-state index is 14.3. The van der Waals surface area contributed by atoms with Crippen LogP contribution in [0.1, 0.15) is 65.6 Å². The number of halogens is 2. The third kappa shape index (κ3) is 8.27. The van der Waals surface area contributed by atoms with Gasteiger partial charge in [0.25, 0.3) is 11.4 Å². The van der Waals surface area contributed by atoms with Crippen LogP contribution < -0.4 is 38.2 Å². The predicted octanol–water partition coefficient (Wildman–Crippen LogP) is 8.88. The number of nitro benzene ring substituents is 2. The van der Waals surface area contributed by atoms with Crippen molar-refractivity contribution in [3.8, 4) is 34.5 Å². The van der Waals surface area contributed by atoms with E-state index in [-0.39, 0.29) is 127 Å². The van der Waals surface area contributed by atoms with E-state index in [1.165, 1.54) is 34.1 Å². The van der Waals surface area contributed by atoms with E-state index < -0.39 is 45.4 Å². The summed E-state index contributed by atoms with van der Waals surface area (Å²) in [5, 5.41) is 47.5. The normalized spacial score (nSPS) is 16.9. The van der Waals surface area contributed by atoms with Gasteiger partial charge in [-0.3, -0.25) is 29.8 Å². The lowest BCUT2D eigenvalue weighted by molar-refractivity contribution is -0.386. The van der Waals surface area contributed by atoms with Gasteiger partial charge >= 0.3 is 11.9 Å². The quantitative estimate of drug-likeness (QED) is 0.0521. The van der Waals surface area contributed by atoms with Gasteiger partial charge in [-0.1, -0.05) is 48.5 Å². The Labute approximate surface area is 410 Å². The second kappa shape index (κ2) is 18.7. The molecule has 0 saturated heterocycles. The summed E-state index contributed by atoms with van der Waals surface area (Å²) in [5.74, 6) is -3.81. The van der Waals surface area contributed by atoms with E-state index in [1.54, 1.807) is 48.5 Å². The van der Waals surface area contributed by atoms with Crippen molar-refractivity contribution in [3.05, 3.63) is 127 Å². The van der Waals surface area contributed by atoms with Crippen LogP contribution in [0.5, 0.6) is 34.5 Å². The minimum absolute atomic E-state index is 0.0307. The number of aliphatic carboxylic acids is 2. The molecule has 364 valence electrons. The average molecular weight is 1010 g/mol. The van der Waals surface area contributed by atoms with Gasteiger partial charge in [0.1, 0.15) is 11.5 Å². The Balaban J connectivity index is 0.917. The fourth-order valence-electron chi connectivity index (χ4n) is 9.78. The molecule has 0 aromatic heterocycles. The molecular formula is C49H38Cl2N4O16. The Hall–Kier alpha value is -8.10. The highest BCUT2D eigenvalue weighted by Crippen LogP contribution is 2.50. The van der Waals surface area contributed by atoms with Crippen LogP contribution in [0.4, 0.5) is 22.7 Å². The zero-order chi connectivity index (χ0) is 49.8. The van der Waals surface area contributed by atoms with Gasteiger partial charge in [-0.2, -0.15) is 0 Å². The lowest BCUT2D eigenvalue weighted by atomic mass is 9.95. The van der Waals surface area contributed by atoms with Crippen molar-refractivity contribution < 1.29 is 67.7 Å². The molecule has 4 atom stereocenters. The number of nitrogens with zero attached hydrogens (tertiary/aromatic N) is 4.